The molecule has 1 heterocycles. The standard InChI is InChI=1S/C17H30N2O/c1-4-14(3)11-17(5-2,13-18)19(15-8-9-15)12-16-7-6-10-20-16/h6-7,10,14-15H,4-5,8-9,11-13,18H2,1-3H3. The zero-order valence-corrected chi connectivity index (χ0v) is 13.3. The van der Waals surface area contributed by atoms with Crippen molar-refractivity contribution in [1.29, 1.82) is 0 Å². The van der Waals surface area contributed by atoms with Crippen molar-refractivity contribution in [3.05, 3.63) is 24.2 Å². The van der Waals surface area contributed by atoms with Gasteiger partial charge in [0.1, 0.15) is 5.76 Å². The minimum atomic E-state index is 0.128. The zero-order chi connectivity index (χ0) is 14.6. The summed E-state index contributed by atoms with van der Waals surface area (Å²) in [4.78, 5) is 2.64. The van der Waals surface area contributed by atoms with Gasteiger partial charge in [-0.05, 0) is 43.7 Å². The second-order valence-electron chi connectivity index (χ2n) is 6.44. The molecule has 1 aromatic heterocycles. The molecule has 0 aliphatic heterocycles. The molecule has 3 nitrogen and oxygen atoms in total. The van der Waals surface area contributed by atoms with E-state index in [1.165, 1.54) is 25.7 Å². The van der Waals surface area contributed by atoms with Gasteiger partial charge in [-0.2, -0.15) is 0 Å². The lowest BCUT2D eigenvalue weighted by molar-refractivity contribution is 0.0439. The van der Waals surface area contributed by atoms with Crippen molar-refractivity contribution >= 4 is 0 Å². The lowest BCUT2D eigenvalue weighted by atomic mass is 9.82. The molecular weight excluding hydrogens is 248 g/mol. The monoisotopic (exact) mass is 278 g/mol. The maximum absolute atomic E-state index is 6.24. The van der Waals surface area contributed by atoms with Gasteiger partial charge in [-0.25, -0.2) is 0 Å². The summed E-state index contributed by atoms with van der Waals surface area (Å²) in [7, 11) is 0. The van der Waals surface area contributed by atoms with Crippen LogP contribution in [0.3, 0.4) is 0 Å². The summed E-state index contributed by atoms with van der Waals surface area (Å²) in [5.74, 6) is 1.78. The first kappa shape index (κ1) is 15.6. The van der Waals surface area contributed by atoms with Gasteiger partial charge >= 0.3 is 0 Å². The highest BCUT2D eigenvalue weighted by molar-refractivity contribution is 5.05. The molecule has 0 spiro atoms. The van der Waals surface area contributed by atoms with E-state index in [-0.39, 0.29) is 5.54 Å². The normalized spacial score (nSPS) is 20.1. The van der Waals surface area contributed by atoms with Crippen LogP contribution in [-0.4, -0.2) is 23.0 Å². The molecule has 0 aromatic carbocycles. The lowest BCUT2D eigenvalue weighted by Crippen LogP contribution is -2.55. The Morgan fingerprint density at radius 3 is 2.65 bits per heavy atom. The summed E-state index contributed by atoms with van der Waals surface area (Å²) in [5, 5.41) is 0. The third-order valence-electron chi connectivity index (χ3n) is 4.97. The summed E-state index contributed by atoms with van der Waals surface area (Å²) in [6.07, 6.45) is 7.91. The first-order valence-corrected chi connectivity index (χ1v) is 8.14. The molecule has 20 heavy (non-hydrogen) atoms. The molecule has 1 aliphatic carbocycles. The molecule has 1 saturated carbocycles. The molecule has 0 radical (unpaired) electrons. The van der Waals surface area contributed by atoms with Crippen molar-refractivity contribution in [2.75, 3.05) is 6.54 Å². The number of hydrogen-bond acceptors (Lipinski definition) is 3. The van der Waals surface area contributed by atoms with Crippen LogP contribution in [0, 0.1) is 5.92 Å². The van der Waals surface area contributed by atoms with Crippen molar-refractivity contribution in [2.24, 2.45) is 11.7 Å². The minimum Gasteiger partial charge on any atom is -0.468 e. The van der Waals surface area contributed by atoms with E-state index < -0.39 is 0 Å². The van der Waals surface area contributed by atoms with Gasteiger partial charge < -0.3 is 10.2 Å². The molecule has 1 aliphatic rings. The van der Waals surface area contributed by atoms with E-state index in [0.717, 1.165) is 31.2 Å². The van der Waals surface area contributed by atoms with Crippen LogP contribution in [0.1, 0.15) is 58.6 Å². The molecule has 1 fully saturated rings. The molecule has 0 saturated heterocycles. The van der Waals surface area contributed by atoms with E-state index in [2.05, 4.69) is 31.7 Å². The quantitative estimate of drug-likeness (QED) is 0.747. The van der Waals surface area contributed by atoms with Crippen molar-refractivity contribution < 1.29 is 4.42 Å². The van der Waals surface area contributed by atoms with Crippen LogP contribution in [-0.2, 0) is 6.54 Å². The predicted octanol–water partition coefficient (Wildman–Crippen LogP) is 3.79. The van der Waals surface area contributed by atoms with Gasteiger partial charge in [0, 0.05) is 18.1 Å². The number of furan rings is 1. The summed E-state index contributed by atoms with van der Waals surface area (Å²) >= 11 is 0. The molecule has 1 aromatic rings. The van der Waals surface area contributed by atoms with Crippen LogP contribution in [0.15, 0.2) is 22.8 Å². The maximum atomic E-state index is 6.24. The topological polar surface area (TPSA) is 42.4 Å². The SMILES string of the molecule is CCC(C)CC(CC)(CN)N(Cc1ccco1)C1CC1. The highest BCUT2D eigenvalue weighted by Crippen LogP contribution is 2.39. The fourth-order valence-corrected chi connectivity index (χ4v) is 3.24. The predicted molar refractivity (Wildman–Crippen MR) is 83.4 cm³/mol. The van der Waals surface area contributed by atoms with Crippen molar-refractivity contribution in [3.8, 4) is 0 Å². The van der Waals surface area contributed by atoms with E-state index in [1.54, 1.807) is 6.26 Å². The van der Waals surface area contributed by atoms with Gasteiger partial charge in [0.2, 0.25) is 0 Å². The van der Waals surface area contributed by atoms with Crippen LogP contribution in [0.2, 0.25) is 0 Å². The fraction of sp³-hybridized carbons (Fsp3) is 0.765. The van der Waals surface area contributed by atoms with Crippen LogP contribution < -0.4 is 5.73 Å². The van der Waals surface area contributed by atoms with Gasteiger partial charge in [-0.3, -0.25) is 4.90 Å². The Hall–Kier alpha value is -0.800. The summed E-state index contributed by atoms with van der Waals surface area (Å²) in [6.45, 7) is 8.55. The summed E-state index contributed by atoms with van der Waals surface area (Å²) < 4.78 is 5.57. The number of nitrogens with two attached hydrogens (primary N) is 1. The first-order valence-electron chi connectivity index (χ1n) is 8.14. The van der Waals surface area contributed by atoms with Gasteiger partial charge in [0.15, 0.2) is 0 Å². The average Bonchev–Trinajstić information content (AvgIpc) is 3.19. The van der Waals surface area contributed by atoms with Crippen molar-refractivity contribution in [3.63, 3.8) is 0 Å². The van der Waals surface area contributed by atoms with E-state index in [0.29, 0.717) is 6.04 Å². The first-order chi connectivity index (χ1) is 9.65. The van der Waals surface area contributed by atoms with Crippen LogP contribution in [0.4, 0.5) is 0 Å². The Morgan fingerprint density at radius 2 is 2.20 bits per heavy atom. The smallest absolute Gasteiger partial charge is 0.117 e. The molecule has 0 bridgehead atoms. The highest BCUT2D eigenvalue weighted by atomic mass is 16.3. The Balaban J connectivity index is 2.17. The van der Waals surface area contributed by atoms with Gasteiger partial charge in [0.05, 0.1) is 12.8 Å². The zero-order valence-electron chi connectivity index (χ0n) is 13.3. The molecule has 2 N–H and O–H groups in total. The fourth-order valence-electron chi connectivity index (χ4n) is 3.24. The maximum Gasteiger partial charge on any atom is 0.117 e. The highest BCUT2D eigenvalue weighted by Gasteiger charge is 2.43. The Kier molecular flexibility index (Phi) is 5.28. The number of rotatable bonds is 9. The second kappa shape index (κ2) is 6.77. The summed E-state index contributed by atoms with van der Waals surface area (Å²) in [6, 6.07) is 4.76. The lowest BCUT2D eigenvalue weighted by Gasteiger charge is -2.44. The van der Waals surface area contributed by atoms with E-state index in [4.69, 9.17) is 10.2 Å². The molecule has 2 unspecified atom stereocenters. The molecule has 2 atom stereocenters. The molecule has 2 rings (SSSR count). The van der Waals surface area contributed by atoms with Gasteiger partial charge in [0.25, 0.3) is 0 Å². The van der Waals surface area contributed by atoms with E-state index in [1.807, 2.05) is 6.07 Å². The molecule has 3 heteroatoms. The largest absolute Gasteiger partial charge is 0.468 e. The van der Waals surface area contributed by atoms with Gasteiger partial charge in [-0.15, -0.1) is 0 Å². The second-order valence-corrected chi connectivity index (χ2v) is 6.44. The molecular formula is C17H30N2O. The summed E-state index contributed by atoms with van der Waals surface area (Å²) in [5.41, 5.74) is 6.37. The van der Waals surface area contributed by atoms with Crippen LogP contribution in [0.25, 0.3) is 0 Å². The minimum absolute atomic E-state index is 0.128. The third kappa shape index (κ3) is 3.44. The van der Waals surface area contributed by atoms with Crippen LogP contribution in [0.5, 0.6) is 0 Å². The van der Waals surface area contributed by atoms with E-state index in [9.17, 15) is 0 Å². The average molecular weight is 278 g/mol. The number of hydrogen-bond donors (Lipinski definition) is 1. The van der Waals surface area contributed by atoms with Crippen molar-refractivity contribution in [1.82, 2.24) is 4.90 Å². The van der Waals surface area contributed by atoms with E-state index >= 15 is 0 Å². The number of nitrogens with zero attached hydrogens (tertiary/aromatic N) is 1. The van der Waals surface area contributed by atoms with Gasteiger partial charge in [-0.1, -0.05) is 27.2 Å². The van der Waals surface area contributed by atoms with Crippen LogP contribution >= 0.6 is 0 Å². The Bertz CT molecular complexity index is 380. The molecule has 0 amide bonds. The Labute approximate surface area is 123 Å². The Morgan fingerprint density at radius 1 is 1.45 bits per heavy atom. The van der Waals surface area contributed by atoms with Crippen molar-refractivity contribution in [2.45, 2.75) is 71.0 Å². The molecule has 114 valence electrons. The third-order valence-corrected chi connectivity index (χ3v) is 4.97.